The van der Waals surface area contributed by atoms with Crippen LogP contribution in [0.5, 0.6) is 0 Å². The highest BCUT2D eigenvalue weighted by atomic mass is 35.5. The molecule has 0 fully saturated rings. The Morgan fingerprint density at radius 1 is 1.21 bits per heavy atom. The topological polar surface area (TPSA) is 119 Å². The molecule has 1 heterocycles. The van der Waals surface area contributed by atoms with Crippen LogP contribution in [0.3, 0.4) is 0 Å². The first-order valence-corrected chi connectivity index (χ1v) is 11.4. The summed E-state index contributed by atoms with van der Waals surface area (Å²) in [6, 6.07) is 13.1. The summed E-state index contributed by atoms with van der Waals surface area (Å²) in [7, 11) is -4.04. The Kier molecular flexibility index (Phi) is 7.52. The first-order valence-electron chi connectivity index (χ1n) is 9.60. The molecule has 11 heteroatoms. The van der Waals surface area contributed by atoms with Crippen molar-refractivity contribution in [3.05, 3.63) is 83.6 Å². The number of rotatable bonds is 9. The van der Waals surface area contributed by atoms with Crippen molar-refractivity contribution in [2.45, 2.75) is 11.8 Å². The number of nitrogens with one attached hydrogen (secondary N) is 1. The number of carbonyl (C=O) groups excluding carboxylic acids is 2. The van der Waals surface area contributed by atoms with E-state index in [2.05, 4.69) is 17.1 Å². The molecule has 0 bridgehead atoms. The number of ether oxygens (including phenoxy) is 1. The molecule has 9 nitrogen and oxygen atoms in total. The summed E-state index contributed by atoms with van der Waals surface area (Å²) in [6.45, 7) is 4.69. The number of amides is 1. The van der Waals surface area contributed by atoms with E-state index in [9.17, 15) is 18.0 Å². The number of aryl methyl sites for hydroxylation is 1. The molecule has 0 aliphatic rings. The van der Waals surface area contributed by atoms with Crippen molar-refractivity contribution in [1.29, 1.82) is 0 Å². The first-order chi connectivity index (χ1) is 15.7. The predicted molar refractivity (Wildman–Crippen MR) is 123 cm³/mol. The lowest BCUT2D eigenvalue weighted by Gasteiger charge is -2.23. The third-order valence-corrected chi connectivity index (χ3v) is 6.34. The summed E-state index contributed by atoms with van der Waals surface area (Å²) < 4.78 is 37.5. The minimum absolute atomic E-state index is 0.000330. The van der Waals surface area contributed by atoms with Gasteiger partial charge in [0.1, 0.15) is 5.76 Å². The van der Waals surface area contributed by atoms with Crippen LogP contribution in [-0.4, -0.2) is 38.6 Å². The van der Waals surface area contributed by atoms with Crippen LogP contribution in [0.25, 0.3) is 0 Å². The molecule has 33 heavy (non-hydrogen) atoms. The van der Waals surface area contributed by atoms with Crippen LogP contribution in [0, 0.1) is 6.92 Å². The lowest BCUT2D eigenvalue weighted by Crippen LogP contribution is -2.31. The average Bonchev–Trinajstić information content (AvgIpc) is 3.21. The molecule has 0 aliphatic carbocycles. The third kappa shape index (κ3) is 5.99. The van der Waals surface area contributed by atoms with E-state index >= 15 is 0 Å². The Labute approximate surface area is 195 Å². The largest absolute Gasteiger partial charge is 0.452 e. The monoisotopic (exact) mass is 489 g/mol. The van der Waals surface area contributed by atoms with Gasteiger partial charge in [0.05, 0.1) is 22.7 Å². The SMILES string of the molecule is C=CCN(c1ccc(Cl)cc1)S(=O)(=O)c1cccc(C(=O)OCC(=O)Nc2cc(C)on2)c1. The van der Waals surface area contributed by atoms with E-state index in [4.69, 9.17) is 20.9 Å². The summed E-state index contributed by atoms with van der Waals surface area (Å²) in [5.41, 5.74) is 0.350. The van der Waals surface area contributed by atoms with Crippen LogP contribution in [0.2, 0.25) is 5.02 Å². The molecule has 3 aromatic rings. The molecule has 0 radical (unpaired) electrons. The zero-order chi connectivity index (χ0) is 24.0. The minimum atomic E-state index is -4.04. The predicted octanol–water partition coefficient (Wildman–Crippen LogP) is 3.81. The summed E-state index contributed by atoms with van der Waals surface area (Å²) in [5, 5.41) is 6.48. The van der Waals surface area contributed by atoms with E-state index in [0.29, 0.717) is 16.5 Å². The van der Waals surface area contributed by atoms with Gasteiger partial charge in [0.15, 0.2) is 12.4 Å². The Morgan fingerprint density at radius 3 is 2.58 bits per heavy atom. The summed E-state index contributed by atoms with van der Waals surface area (Å²) in [6.07, 6.45) is 1.44. The zero-order valence-electron chi connectivity index (χ0n) is 17.5. The number of esters is 1. The van der Waals surface area contributed by atoms with E-state index in [1.807, 2.05) is 0 Å². The molecule has 2 aromatic carbocycles. The zero-order valence-corrected chi connectivity index (χ0v) is 19.1. The second kappa shape index (κ2) is 10.3. The highest BCUT2D eigenvalue weighted by molar-refractivity contribution is 7.92. The molecule has 1 N–H and O–H groups in total. The first kappa shape index (κ1) is 24.0. The van der Waals surface area contributed by atoms with Crippen molar-refractivity contribution in [2.75, 3.05) is 22.8 Å². The second-order valence-corrected chi connectivity index (χ2v) is 9.07. The van der Waals surface area contributed by atoms with E-state index in [-0.39, 0.29) is 22.8 Å². The molecule has 1 aromatic heterocycles. The molecule has 172 valence electrons. The maximum atomic E-state index is 13.3. The lowest BCUT2D eigenvalue weighted by atomic mass is 10.2. The smallest absolute Gasteiger partial charge is 0.338 e. The molecule has 0 unspecified atom stereocenters. The van der Waals surface area contributed by atoms with Crippen molar-refractivity contribution in [2.24, 2.45) is 0 Å². The second-order valence-electron chi connectivity index (χ2n) is 6.78. The van der Waals surface area contributed by atoms with Gasteiger partial charge >= 0.3 is 5.97 Å². The quantitative estimate of drug-likeness (QED) is 0.358. The number of benzene rings is 2. The van der Waals surface area contributed by atoms with Crippen molar-refractivity contribution >= 4 is 45.0 Å². The van der Waals surface area contributed by atoms with Gasteiger partial charge in [0.25, 0.3) is 15.9 Å². The number of hydrogen-bond donors (Lipinski definition) is 1. The molecule has 0 spiro atoms. The Morgan fingerprint density at radius 2 is 1.94 bits per heavy atom. The number of nitrogens with zero attached hydrogens (tertiary/aromatic N) is 2. The highest BCUT2D eigenvalue weighted by Gasteiger charge is 2.25. The van der Waals surface area contributed by atoms with Crippen LogP contribution < -0.4 is 9.62 Å². The van der Waals surface area contributed by atoms with Gasteiger partial charge in [-0.05, 0) is 49.4 Å². The molecule has 1 amide bonds. The molecule has 0 atom stereocenters. The Hall–Kier alpha value is -3.63. The molecule has 3 rings (SSSR count). The van der Waals surface area contributed by atoms with Crippen LogP contribution >= 0.6 is 11.6 Å². The van der Waals surface area contributed by atoms with Crippen molar-refractivity contribution in [1.82, 2.24) is 5.16 Å². The van der Waals surface area contributed by atoms with Crippen LogP contribution in [0.1, 0.15) is 16.1 Å². The number of anilines is 2. The van der Waals surface area contributed by atoms with Crippen molar-refractivity contribution in [3.63, 3.8) is 0 Å². The molecule has 0 aliphatic heterocycles. The van der Waals surface area contributed by atoms with Crippen molar-refractivity contribution in [3.8, 4) is 0 Å². The fourth-order valence-electron chi connectivity index (χ4n) is 2.80. The number of aromatic nitrogens is 1. The lowest BCUT2D eigenvalue weighted by molar-refractivity contribution is -0.119. The Bertz CT molecular complexity index is 1270. The van der Waals surface area contributed by atoms with Crippen LogP contribution in [0.4, 0.5) is 11.5 Å². The maximum absolute atomic E-state index is 13.3. The van der Waals surface area contributed by atoms with E-state index < -0.39 is 28.5 Å². The highest BCUT2D eigenvalue weighted by Crippen LogP contribution is 2.26. The van der Waals surface area contributed by atoms with Crippen LogP contribution in [0.15, 0.2) is 76.7 Å². The standard InChI is InChI=1S/C22H20ClN3O6S/c1-3-11-26(18-9-7-17(23)8-10-18)33(29,30)19-6-4-5-16(13-19)22(28)31-14-21(27)24-20-12-15(2)32-25-20/h3-10,12-13H,1,11,14H2,2H3,(H,24,25,27). The molecule has 0 saturated carbocycles. The van der Waals surface area contributed by atoms with Gasteiger partial charge in [-0.15, -0.1) is 6.58 Å². The number of sulfonamides is 1. The van der Waals surface area contributed by atoms with Gasteiger partial charge in [-0.3, -0.25) is 9.10 Å². The summed E-state index contributed by atoms with van der Waals surface area (Å²) in [5.74, 6) is -0.795. The fraction of sp³-hybridized carbons (Fsp3) is 0.136. The summed E-state index contributed by atoms with van der Waals surface area (Å²) in [4.78, 5) is 24.2. The Balaban J connectivity index is 1.75. The van der Waals surface area contributed by atoms with Gasteiger partial charge in [0.2, 0.25) is 0 Å². The van der Waals surface area contributed by atoms with Crippen molar-refractivity contribution < 1.29 is 27.3 Å². The molecular weight excluding hydrogens is 470 g/mol. The maximum Gasteiger partial charge on any atom is 0.338 e. The van der Waals surface area contributed by atoms with E-state index in [0.717, 1.165) is 4.31 Å². The van der Waals surface area contributed by atoms with Gasteiger partial charge in [-0.1, -0.05) is 28.9 Å². The van der Waals surface area contributed by atoms with Gasteiger partial charge in [-0.2, -0.15) is 0 Å². The number of carbonyl (C=O) groups is 2. The number of hydrogen-bond acceptors (Lipinski definition) is 7. The third-order valence-electron chi connectivity index (χ3n) is 4.30. The summed E-state index contributed by atoms with van der Waals surface area (Å²) >= 11 is 5.90. The average molecular weight is 490 g/mol. The number of halogens is 1. The molecular formula is C22H20ClN3O6S. The normalized spacial score (nSPS) is 11.0. The fourth-order valence-corrected chi connectivity index (χ4v) is 4.40. The van der Waals surface area contributed by atoms with Gasteiger partial charge < -0.3 is 14.6 Å². The van der Waals surface area contributed by atoms with E-state index in [1.165, 1.54) is 36.4 Å². The van der Waals surface area contributed by atoms with Gasteiger partial charge in [0, 0.05) is 11.1 Å². The minimum Gasteiger partial charge on any atom is -0.452 e. The van der Waals surface area contributed by atoms with E-state index in [1.54, 1.807) is 31.2 Å². The van der Waals surface area contributed by atoms with Crippen LogP contribution in [-0.2, 0) is 19.6 Å². The molecule has 0 saturated heterocycles. The van der Waals surface area contributed by atoms with Gasteiger partial charge in [-0.25, -0.2) is 13.2 Å².